The van der Waals surface area contributed by atoms with E-state index in [2.05, 4.69) is 10.6 Å². The van der Waals surface area contributed by atoms with Crippen molar-refractivity contribution in [1.82, 2.24) is 10.6 Å². The smallest absolute Gasteiger partial charge is 0.404 e. The number of benzene rings is 1. The zero-order chi connectivity index (χ0) is 14.4. The normalized spacial score (nSPS) is 17.4. The van der Waals surface area contributed by atoms with Gasteiger partial charge >= 0.3 is 6.09 Å². The Morgan fingerprint density at radius 2 is 2.00 bits per heavy atom. The first-order chi connectivity index (χ1) is 9.65. The molecular formula is C15H22N2O3. The van der Waals surface area contributed by atoms with Crippen molar-refractivity contribution in [2.24, 2.45) is 5.92 Å². The van der Waals surface area contributed by atoms with Gasteiger partial charge in [0.1, 0.15) is 0 Å². The summed E-state index contributed by atoms with van der Waals surface area (Å²) in [6.07, 6.45) is 1.16. The average molecular weight is 278 g/mol. The number of hydrogen-bond donors (Lipinski definition) is 4. The van der Waals surface area contributed by atoms with Crippen molar-refractivity contribution in [3.8, 4) is 0 Å². The molecule has 0 aromatic heterocycles. The predicted octanol–water partition coefficient (Wildman–Crippen LogP) is 1.23. The lowest BCUT2D eigenvalue weighted by atomic mass is 10.0. The highest BCUT2D eigenvalue weighted by Gasteiger charge is 2.24. The molecule has 2 atom stereocenters. The second-order valence-corrected chi connectivity index (χ2v) is 5.41. The molecule has 0 aliphatic heterocycles. The zero-order valence-electron chi connectivity index (χ0n) is 11.5. The molecule has 4 N–H and O–H groups in total. The molecule has 0 unspecified atom stereocenters. The summed E-state index contributed by atoms with van der Waals surface area (Å²) in [5.74, 6) is 0.738. The van der Waals surface area contributed by atoms with Gasteiger partial charge in [-0.15, -0.1) is 0 Å². The molecule has 5 heteroatoms. The lowest BCUT2D eigenvalue weighted by Crippen LogP contribution is -2.48. The Morgan fingerprint density at radius 3 is 2.60 bits per heavy atom. The van der Waals surface area contributed by atoms with Crippen LogP contribution in [0.1, 0.15) is 18.4 Å². The van der Waals surface area contributed by atoms with Gasteiger partial charge in [0, 0.05) is 6.54 Å². The first-order valence-corrected chi connectivity index (χ1v) is 7.07. The van der Waals surface area contributed by atoms with E-state index in [0.717, 1.165) is 18.0 Å². The first kappa shape index (κ1) is 14.8. The Bertz CT molecular complexity index is 420. The van der Waals surface area contributed by atoms with E-state index < -0.39 is 18.2 Å². The van der Waals surface area contributed by atoms with E-state index in [1.165, 1.54) is 12.8 Å². The van der Waals surface area contributed by atoms with Crippen LogP contribution in [-0.2, 0) is 6.42 Å². The van der Waals surface area contributed by atoms with E-state index in [-0.39, 0.29) is 0 Å². The molecule has 0 radical (unpaired) electrons. The number of carbonyl (C=O) groups is 1. The molecule has 1 fully saturated rings. The zero-order valence-corrected chi connectivity index (χ0v) is 11.5. The fourth-order valence-electron chi connectivity index (χ4n) is 2.21. The van der Waals surface area contributed by atoms with Crippen LogP contribution >= 0.6 is 0 Å². The van der Waals surface area contributed by atoms with Gasteiger partial charge in [-0.25, -0.2) is 4.79 Å². The Morgan fingerprint density at radius 1 is 1.30 bits per heavy atom. The number of carboxylic acid groups (broad SMARTS) is 1. The van der Waals surface area contributed by atoms with Crippen molar-refractivity contribution in [2.45, 2.75) is 31.4 Å². The molecule has 0 spiro atoms. The monoisotopic (exact) mass is 278 g/mol. The summed E-state index contributed by atoms with van der Waals surface area (Å²) >= 11 is 0. The van der Waals surface area contributed by atoms with E-state index in [1.54, 1.807) is 0 Å². The van der Waals surface area contributed by atoms with Gasteiger partial charge in [0.05, 0.1) is 12.1 Å². The average Bonchev–Trinajstić information content (AvgIpc) is 3.23. The van der Waals surface area contributed by atoms with Crippen LogP contribution in [0.5, 0.6) is 0 Å². The van der Waals surface area contributed by atoms with Gasteiger partial charge in [-0.3, -0.25) is 0 Å². The summed E-state index contributed by atoms with van der Waals surface area (Å²) in [5.41, 5.74) is 1.01. The predicted molar refractivity (Wildman–Crippen MR) is 76.7 cm³/mol. The number of nitrogens with one attached hydrogen (secondary N) is 2. The van der Waals surface area contributed by atoms with Crippen LogP contribution in [0.4, 0.5) is 4.79 Å². The molecule has 0 heterocycles. The number of rotatable bonds is 8. The standard InChI is InChI=1S/C15H22N2O3/c18-14(10-16-9-12-6-7-12)13(17-15(19)20)8-11-4-2-1-3-5-11/h1-5,12-14,16-18H,6-10H2,(H,19,20)/t13-,14-/m0/s1. The molecule has 2 rings (SSSR count). The largest absolute Gasteiger partial charge is 0.465 e. The molecule has 1 aliphatic rings. The summed E-state index contributed by atoms with van der Waals surface area (Å²) < 4.78 is 0. The van der Waals surface area contributed by atoms with Crippen molar-refractivity contribution in [3.63, 3.8) is 0 Å². The minimum Gasteiger partial charge on any atom is -0.465 e. The Kier molecular flexibility index (Phi) is 5.38. The summed E-state index contributed by atoms with van der Waals surface area (Å²) in [6.45, 7) is 1.32. The second-order valence-electron chi connectivity index (χ2n) is 5.41. The summed E-state index contributed by atoms with van der Waals surface area (Å²) in [7, 11) is 0. The van der Waals surface area contributed by atoms with Crippen LogP contribution in [-0.4, -0.2) is 41.5 Å². The molecule has 1 saturated carbocycles. The van der Waals surface area contributed by atoms with Gasteiger partial charge in [0.15, 0.2) is 0 Å². The van der Waals surface area contributed by atoms with E-state index in [0.29, 0.717) is 13.0 Å². The third-order valence-corrected chi connectivity index (χ3v) is 3.56. The van der Waals surface area contributed by atoms with E-state index in [4.69, 9.17) is 5.11 Å². The molecule has 0 saturated heterocycles. The highest BCUT2D eigenvalue weighted by atomic mass is 16.4. The fraction of sp³-hybridized carbons (Fsp3) is 0.533. The minimum atomic E-state index is -1.10. The van der Waals surface area contributed by atoms with Crippen molar-refractivity contribution in [3.05, 3.63) is 35.9 Å². The third-order valence-electron chi connectivity index (χ3n) is 3.56. The second kappa shape index (κ2) is 7.26. The van der Waals surface area contributed by atoms with Crippen LogP contribution in [0.25, 0.3) is 0 Å². The van der Waals surface area contributed by atoms with Crippen LogP contribution < -0.4 is 10.6 Å². The summed E-state index contributed by atoms with van der Waals surface area (Å²) in [4.78, 5) is 10.9. The maximum atomic E-state index is 10.9. The summed E-state index contributed by atoms with van der Waals surface area (Å²) in [6, 6.07) is 9.09. The van der Waals surface area contributed by atoms with Gasteiger partial charge < -0.3 is 20.8 Å². The summed E-state index contributed by atoms with van der Waals surface area (Å²) in [5, 5.41) is 24.7. The van der Waals surface area contributed by atoms with Crippen molar-refractivity contribution >= 4 is 6.09 Å². The van der Waals surface area contributed by atoms with Gasteiger partial charge in [-0.1, -0.05) is 30.3 Å². The minimum absolute atomic E-state index is 0.411. The number of aliphatic hydroxyl groups excluding tert-OH is 1. The Labute approximate surface area is 119 Å². The van der Waals surface area contributed by atoms with Crippen LogP contribution in [0.15, 0.2) is 30.3 Å². The molecule has 20 heavy (non-hydrogen) atoms. The molecule has 1 amide bonds. The molecule has 0 bridgehead atoms. The van der Waals surface area contributed by atoms with Crippen molar-refractivity contribution in [1.29, 1.82) is 0 Å². The number of aliphatic hydroxyl groups is 1. The quantitative estimate of drug-likeness (QED) is 0.576. The lowest BCUT2D eigenvalue weighted by molar-refractivity contribution is 0.117. The highest BCUT2D eigenvalue weighted by Crippen LogP contribution is 2.27. The van der Waals surface area contributed by atoms with Gasteiger partial charge in [0.2, 0.25) is 0 Å². The van der Waals surface area contributed by atoms with E-state index in [9.17, 15) is 9.90 Å². The van der Waals surface area contributed by atoms with E-state index >= 15 is 0 Å². The molecule has 1 aromatic carbocycles. The van der Waals surface area contributed by atoms with Crippen LogP contribution in [0.3, 0.4) is 0 Å². The van der Waals surface area contributed by atoms with Gasteiger partial charge in [0.25, 0.3) is 0 Å². The molecule has 1 aromatic rings. The molecule has 1 aliphatic carbocycles. The maximum Gasteiger partial charge on any atom is 0.404 e. The van der Waals surface area contributed by atoms with E-state index in [1.807, 2.05) is 30.3 Å². The SMILES string of the molecule is O=C(O)N[C@@H](Cc1ccccc1)[C@@H](O)CNCC1CC1. The Hall–Kier alpha value is -1.59. The number of amides is 1. The van der Waals surface area contributed by atoms with Gasteiger partial charge in [-0.05, 0) is 37.3 Å². The number of hydrogen-bond acceptors (Lipinski definition) is 3. The Balaban J connectivity index is 1.85. The molecular weight excluding hydrogens is 256 g/mol. The topological polar surface area (TPSA) is 81.6 Å². The van der Waals surface area contributed by atoms with Gasteiger partial charge in [-0.2, -0.15) is 0 Å². The molecule has 110 valence electrons. The maximum absolute atomic E-state index is 10.9. The first-order valence-electron chi connectivity index (χ1n) is 7.07. The van der Waals surface area contributed by atoms with Crippen LogP contribution in [0.2, 0.25) is 0 Å². The lowest BCUT2D eigenvalue weighted by Gasteiger charge is -2.23. The third kappa shape index (κ3) is 5.19. The van der Waals surface area contributed by atoms with Crippen molar-refractivity contribution < 1.29 is 15.0 Å². The highest BCUT2D eigenvalue weighted by molar-refractivity contribution is 5.65. The van der Waals surface area contributed by atoms with Crippen molar-refractivity contribution in [2.75, 3.05) is 13.1 Å². The molecule has 5 nitrogen and oxygen atoms in total. The fourth-order valence-corrected chi connectivity index (χ4v) is 2.21. The van der Waals surface area contributed by atoms with Crippen LogP contribution in [0, 0.1) is 5.92 Å².